The largest absolute Gasteiger partial charge is 0.405 e. The van der Waals surface area contributed by atoms with Crippen LogP contribution in [0.4, 0.5) is 4.39 Å². The molecule has 3 rings (SSSR count). The number of aromatic nitrogens is 1. The van der Waals surface area contributed by atoms with Crippen LogP contribution in [-0.4, -0.2) is 11.0 Å². The minimum Gasteiger partial charge on any atom is -0.405 e. The molecule has 2 heterocycles. The first kappa shape index (κ1) is 17.1. The molecule has 7 heteroatoms. The van der Waals surface area contributed by atoms with Gasteiger partial charge < -0.3 is 4.74 Å². The Balaban J connectivity index is 1.81. The van der Waals surface area contributed by atoms with Crippen LogP contribution in [0.15, 0.2) is 41.9 Å². The maximum atomic E-state index is 13.1. The molecule has 0 bridgehead atoms. The summed E-state index contributed by atoms with van der Waals surface area (Å²) >= 11 is 8.76. The third kappa shape index (κ3) is 3.66. The molecule has 1 atom stereocenters. The number of ether oxygens (including phenoxy) is 1. The van der Waals surface area contributed by atoms with E-state index in [0.717, 1.165) is 15.3 Å². The van der Waals surface area contributed by atoms with Crippen LogP contribution in [0, 0.1) is 5.82 Å². The molecule has 3 nitrogen and oxygen atoms in total. The summed E-state index contributed by atoms with van der Waals surface area (Å²) in [6.45, 7) is 1.89. The number of benzene rings is 1. The lowest BCUT2D eigenvalue weighted by molar-refractivity contribution is -0.136. The van der Waals surface area contributed by atoms with Crippen molar-refractivity contribution in [2.75, 3.05) is 0 Å². The molecule has 0 saturated heterocycles. The highest BCUT2D eigenvalue weighted by atomic mass is 35.5. The van der Waals surface area contributed by atoms with Gasteiger partial charge in [-0.2, -0.15) is 0 Å². The van der Waals surface area contributed by atoms with Gasteiger partial charge in [0.2, 0.25) is 5.88 Å². The third-order valence-corrected chi connectivity index (χ3v) is 5.71. The van der Waals surface area contributed by atoms with Gasteiger partial charge in [0.05, 0.1) is 20.6 Å². The summed E-state index contributed by atoms with van der Waals surface area (Å²) < 4.78 is 19.2. The number of hydrogen-bond acceptors (Lipinski definition) is 5. The second-order valence-electron chi connectivity index (χ2n) is 5.02. The van der Waals surface area contributed by atoms with Gasteiger partial charge in [0.25, 0.3) is 0 Å². The summed E-state index contributed by atoms with van der Waals surface area (Å²) in [4.78, 5) is 18.4. The second-order valence-corrected chi connectivity index (χ2v) is 7.59. The molecular formula is C17H13ClFNO2S2. The highest BCUT2D eigenvalue weighted by molar-refractivity contribution is 7.23. The fourth-order valence-corrected chi connectivity index (χ4v) is 4.19. The van der Waals surface area contributed by atoms with E-state index in [1.54, 1.807) is 23.7 Å². The number of thiazole rings is 1. The Morgan fingerprint density at radius 1 is 1.29 bits per heavy atom. The van der Waals surface area contributed by atoms with E-state index in [1.807, 2.05) is 13.0 Å². The van der Waals surface area contributed by atoms with E-state index in [0.29, 0.717) is 10.8 Å². The number of carbonyl (C=O) groups excluding carboxylic acids is 1. The Labute approximate surface area is 151 Å². The van der Waals surface area contributed by atoms with Crippen molar-refractivity contribution < 1.29 is 13.9 Å². The number of carbonyl (C=O) groups is 1. The first-order chi connectivity index (χ1) is 11.6. The maximum Gasteiger partial charge on any atom is 0.320 e. The predicted molar refractivity (Wildman–Crippen MR) is 95.5 cm³/mol. The van der Waals surface area contributed by atoms with Crippen LogP contribution >= 0.6 is 34.3 Å². The second kappa shape index (κ2) is 7.42. The molecule has 0 spiro atoms. The molecule has 0 N–H and O–H groups in total. The molecule has 1 aromatic carbocycles. The smallest absolute Gasteiger partial charge is 0.320 e. The van der Waals surface area contributed by atoms with Gasteiger partial charge in [-0.25, -0.2) is 9.37 Å². The first-order valence-corrected chi connectivity index (χ1v) is 9.32. The third-order valence-electron chi connectivity index (χ3n) is 3.49. The highest BCUT2D eigenvalue weighted by Gasteiger charge is 2.24. The van der Waals surface area contributed by atoms with E-state index >= 15 is 0 Å². The van der Waals surface area contributed by atoms with Crippen LogP contribution < -0.4 is 4.74 Å². The molecule has 0 radical (unpaired) electrons. The fourth-order valence-electron chi connectivity index (χ4n) is 2.31. The highest BCUT2D eigenvalue weighted by Crippen LogP contribution is 2.39. The fraction of sp³-hybridized carbons (Fsp3) is 0.176. The summed E-state index contributed by atoms with van der Waals surface area (Å²) in [5, 5.41) is 0. The van der Waals surface area contributed by atoms with Crippen LogP contribution in [0.1, 0.15) is 24.8 Å². The monoisotopic (exact) mass is 381 g/mol. The lowest BCUT2D eigenvalue weighted by Crippen LogP contribution is -2.18. The van der Waals surface area contributed by atoms with Crippen LogP contribution in [0.2, 0.25) is 4.34 Å². The van der Waals surface area contributed by atoms with E-state index in [-0.39, 0.29) is 11.7 Å². The molecule has 124 valence electrons. The Kier molecular flexibility index (Phi) is 5.28. The van der Waals surface area contributed by atoms with E-state index in [9.17, 15) is 9.18 Å². The van der Waals surface area contributed by atoms with Gasteiger partial charge >= 0.3 is 5.97 Å². The molecule has 2 aromatic heterocycles. The molecule has 0 amide bonds. The SMILES string of the molecule is CCC(C(=O)Oc1ncsc1-c1ccc(Cl)s1)c1ccc(F)cc1. The van der Waals surface area contributed by atoms with E-state index < -0.39 is 11.9 Å². The standard InChI is InChI=1S/C17H13ClFNO2S2/c1-2-12(10-3-5-11(19)6-4-10)17(21)22-16-15(23-9-20-16)13-7-8-14(18)24-13/h3-9,12H,2H2,1H3. The van der Waals surface area contributed by atoms with Crippen LogP contribution in [0.3, 0.4) is 0 Å². The van der Waals surface area contributed by atoms with Crippen molar-refractivity contribution in [1.82, 2.24) is 4.98 Å². The maximum absolute atomic E-state index is 13.1. The van der Waals surface area contributed by atoms with Crippen molar-refractivity contribution in [2.45, 2.75) is 19.3 Å². The summed E-state index contributed by atoms with van der Waals surface area (Å²) in [5.41, 5.74) is 2.35. The van der Waals surface area contributed by atoms with Crippen LogP contribution in [0.5, 0.6) is 5.88 Å². The van der Waals surface area contributed by atoms with Gasteiger partial charge in [0, 0.05) is 0 Å². The zero-order chi connectivity index (χ0) is 17.1. The Hall–Kier alpha value is -1.76. The number of nitrogens with zero attached hydrogens (tertiary/aromatic N) is 1. The Morgan fingerprint density at radius 3 is 2.67 bits per heavy atom. The molecule has 0 saturated carbocycles. The minimum absolute atomic E-state index is 0.282. The number of halogens is 2. The molecule has 0 aliphatic carbocycles. The van der Waals surface area contributed by atoms with Gasteiger partial charge in [-0.1, -0.05) is 30.7 Å². The summed E-state index contributed by atoms with van der Waals surface area (Å²) in [6, 6.07) is 9.55. The van der Waals surface area contributed by atoms with E-state index in [2.05, 4.69) is 4.98 Å². The average Bonchev–Trinajstić information content (AvgIpc) is 3.18. The molecule has 1 unspecified atom stereocenters. The van der Waals surface area contributed by atoms with Crippen molar-refractivity contribution >= 4 is 40.2 Å². The van der Waals surface area contributed by atoms with E-state index in [1.165, 1.54) is 34.8 Å². The summed E-state index contributed by atoms with van der Waals surface area (Å²) in [7, 11) is 0. The molecule has 3 aromatic rings. The normalized spacial score (nSPS) is 12.1. The van der Waals surface area contributed by atoms with Gasteiger partial charge in [-0.15, -0.1) is 22.7 Å². The number of esters is 1. The van der Waals surface area contributed by atoms with Crippen LogP contribution in [0.25, 0.3) is 9.75 Å². The Bertz CT molecular complexity index is 844. The molecular weight excluding hydrogens is 369 g/mol. The van der Waals surface area contributed by atoms with Gasteiger partial charge in [-0.05, 0) is 36.2 Å². The zero-order valence-corrected chi connectivity index (χ0v) is 15.1. The van der Waals surface area contributed by atoms with Gasteiger partial charge in [-0.3, -0.25) is 4.79 Å². The molecule has 24 heavy (non-hydrogen) atoms. The van der Waals surface area contributed by atoms with Crippen molar-refractivity contribution in [1.29, 1.82) is 0 Å². The van der Waals surface area contributed by atoms with Gasteiger partial charge in [0.15, 0.2) is 0 Å². The number of thiophene rings is 1. The minimum atomic E-state index is -0.466. The topological polar surface area (TPSA) is 39.2 Å². The quantitative estimate of drug-likeness (QED) is 0.527. The van der Waals surface area contributed by atoms with Crippen LogP contribution in [-0.2, 0) is 4.79 Å². The number of hydrogen-bond donors (Lipinski definition) is 0. The Morgan fingerprint density at radius 2 is 2.04 bits per heavy atom. The van der Waals surface area contributed by atoms with Crippen molar-refractivity contribution in [3.63, 3.8) is 0 Å². The van der Waals surface area contributed by atoms with E-state index in [4.69, 9.17) is 16.3 Å². The molecule has 0 aliphatic rings. The number of rotatable bonds is 5. The predicted octanol–water partition coefficient (Wildman–Crippen LogP) is 5.76. The zero-order valence-electron chi connectivity index (χ0n) is 12.7. The van der Waals surface area contributed by atoms with Crippen molar-refractivity contribution in [2.24, 2.45) is 0 Å². The summed E-state index contributed by atoms with van der Waals surface area (Å²) in [5.74, 6) is -0.923. The average molecular weight is 382 g/mol. The lowest BCUT2D eigenvalue weighted by Gasteiger charge is -2.13. The lowest BCUT2D eigenvalue weighted by atomic mass is 9.97. The van der Waals surface area contributed by atoms with Crippen molar-refractivity contribution in [3.8, 4) is 15.6 Å². The summed E-state index contributed by atoms with van der Waals surface area (Å²) in [6.07, 6.45) is 0.550. The molecule has 0 aliphatic heterocycles. The molecule has 0 fully saturated rings. The van der Waals surface area contributed by atoms with Crippen molar-refractivity contribution in [3.05, 3.63) is 57.6 Å². The first-order valence-electron chi connectivity index (χ1n) is 7.24. The van der Waals surface area contributed by atoms with Gasteiger partial charge in [0.1, 0.15) is 10.7 Å².